The van der Waals surface area contributed by atoms with Crippen molar-refractivity contribution in [2.45, 2.75) is 26.1 Å². The molecule has 0 saturated carbocycles. The molecule has 2 N–H and O–H groups in total. The molecule has 0 fully saturated rings. The van der Waals surface area contributed by atoms with E-state index in [1.54, 1.807) is 19.1 Å². The molecule has 6 heteroatoms. The second-order valence-corrected chi connectivity index (χ2v) is 5.48. The molecule has 1 unspecified atom stereocenters. The van der Waals surface area contributed by atoms with Crippen molar-refractivity contribution in [1.29, 1.82) is 0 Å². The normalized spacial score (nSPS) is 12.0. The van der Waals surface area contributed by atoms with Crippen molar-refractivity contribution >= 4 is 17.6 Å². The first kappa shape index (κ1) is 17.2. The first-order valence-corrected chi connectivity index (χ1v) is 7.46. The maximum atomic E-state index is 13.0. The molecule has 1 atom stereocenters. The number of para-hydroxylation sites is 1. The Morgan fingerprint density at radius 2 is 2.04 bits per heavy atom. The highest BCUT2D eigenvalue weighted by Gasteiger charge is 2.11. The minimum atomic E-state index is -0.915. The Morgan fingerprint density at radius 3 is 2.74 bits per heavy atom. The van der Waals surface area contributed by atoms with E-state index in [1.807, 2.05) is 18.2 Å². The SMILES string of the molecule is CC(NCc1ccccc1OCc1ccc(F)cc1Cl)C(=O)O. The van der Waals surface area contributed by atoms with Crippen LogP contribution in [0.15, 0.2) is 42.5 Å². The van der Waals surface area contributed by atoms with E-state index >= 15 is 0 Å². The fraction of sp³-hybridized carbons (Fsp3) is 0.235. The Balaban J connectivity index is 2.04. The predicted octanol–water partition coefficient (Wildman–Crippen LogP) is 3.62. The molecule has 0 saturated heterocycles. The van der Waals surface area contributed by atoms with Gasteiger partial charge in [-0.3, -0.25) is 4.79 Å². The number of carboxylic acid groups (broad SMARTS) is 1. The summed E-state index contributed by atoms with van der Waals surface area (Å²) in [6, 6.07) is 10.8. The standard InChI is InChI=1S/C17H17ClFNO3/c1-11(17(21)22)20-9-12-4-2-3-5-16(12)23-10-13-6-7-14(19)8-15(13)18/h2-8,11,20H,9-10H2,1H3,(H,21,22). The van der Waals surface area contributed by atoms with E-state index in [-0.39, 0.29) is 6.61 Å². The maximum absolute atomic E-state index is 13.0. The number of hydrogen-bond acceptors (Lipinski definition) is 3. The third-order valence-electron chi connectivity index (χ3n) is 3.34. The lowest BCUT2D eigenvalue weighted by Gasteiger charge is -2.14. The van der Waals surface area contributed by atoms with Gasteiger partial charge in [-0.15, -0.1) is 0 Å². The molecule has 0 bridgehead atoms. The van der Waals surface area contributed by atoms with Gasteiger partial charge in [-0.05, 0) is 25.1 Å². The maximum Gasteiger partial charge on any atom is 0.320 e. The lowest BCUT2D eigenvalue weighted by atomic mass is 10.2. The van der Waals surface area contributed by atoms with Crippen molar-refractivity contribution in [2.24, 2.45) is 0 Å². The second-order valence-electron chi connectivity index (χ2n) is 5.07. The number of aliphatic carboxylic acids is 1. The van der Waals surface area contributed by atoms with Crippen LogP contribution in [0, 0.1) is 5.82 Å². The van der Waals surface area contributed by atoms with Crippen LogP contribution in [-0.4, -0.2) is 17.1 Å². The van der Waals surface area contributed by atoms with Crippen molar-refractivity contribution in [3.05, 3.63) is 64.4 Å². The zero-order valence-corrected chi connectivity index (χ0v) is 13.3. The Hall–Kier alpha value is -2.11. The van der Waals surface area contributed by atoms with Crippen LogP contribution in [0.4, 0.5) is 4.39 Å². The Labute approximate surface area is 138 Å². The van der Waals surface area contributed by atoms with Crippen LogP contribution in [0.25, 0.3) is 0 Å². The van der Waals surface area contributed by atoms with Gasteiger partial charge >= 0.3 is 5.97 Å². The fourth-order valence-electron chi connectivity index (χ4n) is 1.94. The zero-order chi connectivity index (χ0) is 16.8. The molecule has 0 aliphatic carbocycles. The molecule has 0 heterocycles. The summed E-state index contributed by atoms with van der Waals surface area (Å²) in [6.07, 6.45) is 0. The topological polar surface area (TPSA) is 58.6 Å². The van der Waals surface area contributed by atoms with Crippen molar-refractivity contribution in [3.63, 3.8) is 0 Å². The van der Waals surface area contributed by atoms with Gasteiger partial charge < -0.3 is 15.2 Å². The predicted molar refractivity (Wildman–Crippen MR) is 86.1 cm³/mol. The summed E-state index contributed by atoms with van der Waals surface area (Å²) in [5, 5.41) is 12.1. The highest BCUT2D eigenvalue weighted by atomic mass is 35.5. The Kier molecular flexibility index (Phi) is 5.96. The number of benzene rings is 2. The van der Waals surface area contributed by atoms with Gasteiger partial charge in [-0.25, -0.2) is 4.39 Å². The molecule has 0 spiro atoms. The quantitative estimate of drug-likeness (QED) is 0.810. The van der Waals surface area contributed by atoms with Gasteiger partial charge in [0.15, 0.2) is 0 Å². The molecule has 2 aromatic rings. The van der Waals surface area contributed by atoms with Crippen LogP contribution >= 0.6 is 11.6 Å². The molecule has 122 valence electrons. The van der Waals surface area contributed by atoms with E-state index < -0.39 is 17.8 Å². The first-order chi connectivity index (χ1) is 11.0. The molecule has 0 aliphatic rings. The number of rotatable bonds is 7. The number of carboxylic acids is 1. The molecule has 0 aromatic heterocycles. The third-order valence-corrected chi connectivity index (χ3v) is 3.69. The van der Waals surface area contributed by atoms with Crippen LogP contribution in [0.3, 0.4) is 0 Å². The summed E-state index contributed by atoms with van der Waals surface area (Å²) in [5.41, 5.74) is 1.51. The highest BCUT2D eigenvalue weighted by Crippen LogP contribution is 2.22. The molecular formula is C17H17ClFNO3. The zero-order valence-electron chi connectivity index (χ0n) is 12.6. The minimum Gasteiger partial charge on any atom is -0.489 e. The summed E-state index contributed by atoms with van der Waals surface area (Å²) < 4.78 is 18.8. The molecular weight excluding hydrogens is 321 g/mol. The van der Waals surface area contributed by atoms with Crippen molar-refractivity contribution < 1.29 is 19.0 Å². The van der Waals surface area contributed by atoms with Crippen LogP contribution < -0.4 is 10.1 Å². The molecule has 2 aromatic carbocycles. The van der Waals surface area contributed by atoms with Crippen molar-refractivity contribution in [2.75, 3.05) is 0 Å². The molecule has 0 radical (unpaired) electrons. The molecule has 4 nitrogen and oxygen atoms in total. The largest absolute Gasteiger partial charge is 0.489 e. The number of carbonyl (C=O) groups is 1. The average Bonchev–Trinajstić information content (AvgIpc) is 2.52. The van der Waals surface area contributed by atoms with Crippen LogP contribution in [0.1, 0.15) is 18.1 Å². The van der Waals surface area contributed by atoms with E-state index in [2.05, 4.69) is 5.32 Å². The van der Waals surface area contributed by atoms with Crippen LogP contribution in [-0.2, 0) is 17.9 Å². The van der Waals surface area contributed by atoms with E-state index in [0.717, 1.165) is 5.56 Å². The average molecular weight is 338 g/mol. The fourth-order valence-corrected chi connectivity index (χ4v) is 2.16. The van der Waals surface area contributed by atoms with Gasteiger partial charge in [-0.1, -0.05) is 35.9 Å². The first-order valence-electron chi connectivity index (χ1n) is 7.08. The molecule has 2 rings (SSSR count). The van der Waals surface area contributed by atoms with E-state index in [4.69, 9.17) is 21.4 Å². The second kappa shape index (κ2) is 7.94. The van der Waals surface area contributed by atoms with Gasteiger partial charge in [0.2, 0.25) is 0 Å². The van der Waals surface area contributed by atoms with E-state index in [0.29, 0.717) is 22.9 Å². The number of halogens is 2. The smallest absolute Gasteiger partial charge is 0.320 e. The number of hydrogen-bond donors (Lipinski definition) is 2. The summed E-state index contributed by atoms with van der Waals surface area (Å²) in [4.78, 5) is 10.8. The summed E-state index contributed by atoms with van der Waals surface area (Å²) in [5.74, 6) is -0.689. The summed E-state index contributed by atoms with van der Waals surface area (Å²) >= 11 is 5.98. The van der Waals surface area contributed by atoms with Crippen molar-refractivity contribution in [3.8, 4) is 5.75 Å². The van der Waals surface area contributed by atoms with Gasteiger partial charge in [-0.2, -0.15) is 0 Å². The van der Waals surface area contributed by atoms with Gasteiger partial charge in [0.05, 0.1) is 5.02 Å². The molecule has 23 heavy (non-hydrogen) atoms. The molecule has 0 amide bonds. The van der Waals surface area contributed by atoms with Crippen molar-refractivity contribution in [1.82, 2.24) is 5.32 Å². The van der Waals surface area contributed by atoms with Gasteiger partial charge in [0.1, 0.15) is 24.2 Å². The minimum absolute atomic E-state index is 0.199. The van der Waals surface area contributed by atoms with E-state index in [1.165, 1.54) is 12.1 Å². The van der Waals surface area contributed by atoms with Gasteiger partial charge in [0.25, 0.3) is 0 Å². The lowest BCUT2D eigenvalue weighted by molar-refractivity contribution is -0.139. The summed E-state index contributed by atoms with van der Waals surface area (Å²) in [7, 11) is 0. The lowest BCUT2D eigenvalue weighted by Crippen LogP contribution is -2.33. The van der Waals surface area contributed by atoms with Gasteiger partial charge in [0, 0.05) is 17.7 Å². The number of ether oxygens (including phenoxy) is 1. The van der Waals surface area contributed by atoms with Crippen LogP contribution in [0.5, 0.6) is 5.75 Å². The Bertz CT molecular complexity index is 693. The summed E-state index contributed by atoms with van der Waals surface area (Å²) in [6.45, 7) is 2.13. The Morgan fingerprint density at radius 1 is 1.30 bits per heavy atom. The number of nitrogens with one attached hydrogen (secondary N) is 1. The van der Waals surface area contributed by atoms with Crippen LogP contribution in [0.2, 0.25) is 5.02 Å². The molecule has 0 aliphatic heterocycles. The monoisotopic (exact) mass is 337 g/mol. The highest BCUT2D eigenvalue weighted by molar-refractivity contribution is 6.31. The third kappa shape index (κ3) is 4.94. The van der Waals surface area contributed by atoms with E-state index in [9.17, 15) is 9.18 Å².